The molecule has 0 unspecified atom stereocenters. The summed E-state index contributed by atoms with van der Waals surface area (Å²) in [7, 11) is 1.46. The van der Waals surface area contributed by atoms with E-state index in [1.165, 1.54) is 13.2 Å². The average molecular weight is 263 g/mol. The van der Waals surface area contributed by atoms with Crippen LogP contribution in [0.1, 0.15) is 11.1 Å². The fraction of sp³-hybridized carbons (Fsp3) is 0.357. The van der Waals surface area contributed by atoms with Gasteiger partial charge >= 0.3 is 0 Å². The molecule has 0 fully saturated rings. The quantitative estimate of drug-likeness (QED) is 0.811. The Morgan fingerprint density at radius 3 is 2.89 bits per heavy atom. The summed E-state index contributed by atoms with van der Waals surface area (Å²) in [6.07, 6.45) is 3.83. The van der Waals surface area contributed by atoms with E-state index in [4.69, 9.17) is 4.74 Å². The number of hydrogen-bond donors (Lipinski definition) is 1. The van der Waals surface area contributed by atoms with Crippen LogP contribution < -0.4 is 10.1 Å². The predicted molar refractivity (Wildman–Crippen MR) is 71.6 cm³/mol. The van der Waals surface area contributed by atoms with Crippen LogP contribution in [-0.2, 0) is 13.1 Å². The number of halogens is 1. The standard InChI is InChI=1S/C14H18FN3O/c1-11-8-17-18(10-11)6-5-16-9-12-3-4-14(19-2)13(15)7-12/h3-4,7-8,10,16H,5-6,9H2,1-2H3. The van der Waals surface area contributed by atoms with Crippen molar-refractivity contribution in [1.82, 2.24) is 15.1 Å². The summed E-state index contributed by atoms with van der Waals surface area (Å²) >= 11 is 0. The van der Waals surface area contributed by atoms with Crippen molar-refractivity contribution >= 4 is 0 Å². The van der Waals surface area contributed by atoms with E-state index in [9.17, 15) is 4.39 Å². The van der Waals surface area contributed by atoms with Crippen molar-refractivity contribution in [2.24, 2.45) is 0 Å². The van der Waals surface area contributed by atoms with Crippen LogP contribution in [0.25, 0.3) is 0 Å². The van der Waals surface area contributed by atoms with Crippen LogP contribution in [0, 0.1) is 12.7 Å². The Hall–Kier alpha value is -1.88. The van der Waals surface area contributed by atoms with Crippen LogP contribution >= 0.6 is 0 Å². The van der Waals surface area contributed by atoms with Gasteiger partial charge in [0.25, 0.3) is 0 Å². The fourth-order valence-corrected chi connectivity index (χ4v) is 1.84. The second-order valence-corrected chi connectivity index (χ2v) is 4.43. The molecule has 0 saturated heterocycles. The third-order valence-corrected chi connectivity index (χ3v) is 2.83. The molecule has 0 spiro atoms. The zero-order valence-electron chi connectivity index (χ0n) is 11.2. The Balaban J connectivity index is 1.78. The predicted octanol–water partition coefficient (Wildman–Crippen LogP) is 2.13. The molecular weight excluding hydrogens is 245 g/mol. The third-order valence-electron chi connectivity index (χ3n) is 2.83. The van der Waals surface area contributed by atoms with Gasteiger partial charge in [0.15, 0.2) is 11.6 Å². The number of benzene rings is 1. The van der Waals surface area contributed by atoms with Crippen LogP contribution in [0.4, 0.5) is 4.39 Å². The molecule has 2 rings (SSSR count). The molecule has 2 aromatic rings. The second kappa shape index (κ2) is 6.33. The van der Waals surface area contributed by atoms with Gasteiger partial charge in [0.2, 0.25) is 0 Å². The van der Waals surface area contributed by atoms with Crippen LogP contribution in [0.5, 0.6) is 5.75 Å². The first kappa shape index (κ1) is 13.5. The molecule has 1 aromatic heterocycles. The van der Waals surface area contributed by atoms with E-state index >= 15 is 0 Å². The number of methoxy groups -OCH3 is 1. The van der Waals surface area contributed by atoms with E-state index in [1.54, 1.807) is 6.07 Å². The van der Waals surface area contributed by atoms with Crippen molar-refractivity contribution in [3.63, 3.8) is 0 Å². The van der Waals surface area contributed by atoms with Crippen molar-refractivity contribution in [2.75, 3.05) is 13.7 Å². The maximum absolute atomic E-state index is 13.5. The van der Waals surface area contributed by atoms with Gasteiger partial charge in [-0.2, -0.15) is 5.10 Å². The number of aromatic nitrogens is 2. The van der Waals surface area contributed by atoms with Crippen molar-refractivity contribution in [3.05, 3.63) is 47.5 Å². The number of ether oxygens (including phenoxy) is 1. The molecular formula is C14H18FN3O. The first-order chi connectivity index (χ1) is 9.19. The minimum atomic E-state index is -0.329. The van der Waals surface area contributed by atoms with Gasteiger partial charge in [0.05, 0.1) is 19.9 Å². The average Bonchev–Trinajstić information content (AvgIpc) is 2.81. The number of aryl methyl sites for hydroxylation is 1. The molecule has 0 bridgehead atoms. The van der Waals surface area contributed by atoms with E-state index in [-0.39, 0.29) is 11.6 Å². The maximum Gasteiger partial charge on any atom is 0.165 e. The summed E-state index contributed by atoms with van der Waals surface area (Å²) in [5.74, 6) is -0.0553. The van der Waals surface area contributed by atoms with Gasteiger partial charge in [0.1, 0.15) is 0 Å². The highest BCUT2D eigenvalue weighted by molar-refractivity contribution is 5.29. The summed E-state index contributed by atoms with van der Waals surface area (Å²) < 4.78 is 20.2. The normalized spacial score (nSPS) is 10.7. The Morgan fingerprint density at radius 1 is 1.42 bits per heavy atom. The number of nitrogens with one attached hydrogen (secondary N) is 1. The molecule has 0 radical (unpaired) electrons. The largest absolute Gasteiger partial charge is 0.494 e. The van der Waals surface area contributed by atoms with E-state index in [2.05, 4.69) is 10.4 Å². The maximum atomic E-state index is 13.5. The molecule has 0 saturated carbocycles. The molecule has 0 atom stereocenters. The van der Waals surface area contributed by atoms with Gasteiger partial charge < -0.3 is 10.1 Å². The van der Waals surface area contributed by atoms with Gasteiger partial charge in [-0.15, -0.1) is 0 Å². The summed E-state index contributed by atoms with van der Waals surface area (Å²) in [6, 6.07) is 4.99. The van der Waals surface area contributed by atoms with Crippen molar-refractivity contribution in [1.29, 1.82) is 0 Å². The van der Waals surface area contributed by atoms with Gasteiger partial charge in [-0.3, -0.25) is 4.68 Å². The summed E-state index contributed by atoms with van der Waals surface area (Å²) in [4.78, 5) is 0. The lowest BCUT2D eigenvalue weighted by Crippen LogP contribution is -2.19. The zero-order chi connectivity index (χ0) is 13.7. The lowest BCUT2D eigenvalue weighted by Gasteiger charge is -2.07. The highest BCUT2D eigenvalue weighted by Crippen LogP contribution is 2.17. The Bertz CT molecular complexity index is 539. The lowest BCUT2D eigenvalue weighted by molar-refractivity contribution is 0.386. The summed E-state index contributed by atoms with van der Waals surface area (Å²) in [5.41, 5.74) is 2.05. The SMILES string of the molecule is COc1ccc(CNCCn2cc(C)cn2)cc1F. The van der Waals surface area contributed by atoms with Crippen LogP contribution in [0.3, 0.4) is 0 Å². The molecule has 1 N–H and O–H groups in total. The van der Waals surface area contributed by atoms with Crippen molar-refractivity contribution in [2.45, 2.75) is 20.0 Å². The van der Waals surface area contributed by atoms with Gasteiger partial charge in [-0.05, 0) is 30.2 Å². The van der Waals surface area contributed by atoms with Gasteiger partial charge in [-0.25, -0.2) is 4.39 Å². The molecule has 19 heavy (non-hydrogen) atoms. The van der Waals surface area contributed by atoms with Crippen LogP contribution in [0.2, 0.25) is 0 Å². The zero-order valence-corrected chi connectivity index (χ0v) is 11.2. The lowest BCUT2D eigenvalue weighted by atomic mass is 10.2. The number of nitrogens with zero attached hydrogens (tertiary/aromatic N) is 2. The van der Waals surface area contributed by atoms with E-state index in [1.807, 2.05) is 30.1 Å². The third kappa shape index (κ3) is 3.79. The van der Waals surface area contributed by atoms with Gasteiger partial charge in [-0.1, -0.05) is 6.07 Å². The first-order valence-electron chi connectivity index (χ1n) is 6.21. The molecule has 102 valence electrons. The Morgan fingerprint density at radius 2 is 2.26 bits per heavy atom. The molecule has 1 heterocycles. The molecule has 0 aliphatic carbocycles. The van der Waals surface area contributed by atoms with Crippen LogP contribution in [-0.4, -0.2) is 23.4 Å². The topological polar surface area (TPSA) is 39.1 Å². The Labute approximate surface area is 112 Å². The Kier molecular flexibility index (Phi) is 4.52. The minimum absolute atomic E-state index is 0.274. The minimum Gasteiger partial charge on any atom is -0.494 e. The second-order valence-electron chi connectivity index (χ2n) is 4.43. The first-order valence-corrected chi connectivity index (χ1v) is 6.21. The molecule has 0 aliphatic heterocycles. The molecule has 0 aliphatic rings. The molecule has 1 aromatic carbocycles. The van der Waals surface area contributed by atoms with Crippen molar-refractivity contribution < 1.29 is 9.13 Å². The highest BCUT2D eigenvalue weighted by atomic mass is 19.1. The summed E-state index contributed by atoms with van der Waals surface area (Å²) in [5, 5.41) is 7.45. The molecule has 0 amide bonds. The monoisotopic (exact) mass is 263 g/mol. The molecule has 4 nitrogen and oxygen atoms in total. The van der Waals surface area contributed by atoms with Crippen LogP contribution in [0.15, 0.2) is 30.6 Å². The van der Waals surface area contributed by atoms with E-state index in [0.29, 0.717) is 6.54 Å². The van der Waals surface area contributed by atoms with Gasteiger partial charge in [0, 0.05) is 19.3 Å². The number of rotatable bonds is 6. The van der Waals surface area contributed by atoms with Crippen molar-refractivity contribution in [3.8, 4) is 5.75 Å². The van der Waals surface area contributed by atoms with E-state index < -0.39 is 0 Å². The highest BCUT2D eigenvalue weighted by Gasteiger charge is 2.03. The fourth-order valence-electron chi connectivity index (χ4n) is 1.84. The number of hydrogen-bond acceptors (Lipinski definition) is 3. The molecule has 5 heteroatoms. The summed E-state index contributed by atoms with van der Waals surface area (Å²) in [6.45, 7) is 4.22. The van der Waals surface area contributed by atoms with E-state index in [0.717, 1.165) is 24.2 Å². The smallest absolute Gasteiger partial charge is 0.165 e.